The number of thiocarbonyl (C=S) groups is 1. The Hall–Kier alpha value is -0.250. The van der Waals surface area contributed by atoms with Crippen molar-refractivity contribution >= 4 is 40.8 Å². The number of hydrogen-bond acceptors (Lipinski definition) is 3. The summed E-state index contributed by atoms with van der Waals surface area (Å²) in [4.78, 5) is 8.00. The minimum absolute atomic E-state index is 0.187. The Morgan fingerprint density at radius 1 is 1.27 bits per heavy atom. The van der Waals surface area contributed by atoms with Crippen molar-refractivity contribution in [1.29, 1.82) is 0 Å². The molecule has 1 heterocycles. The van der Waals surface area contributed by atoms with E-state index in [1.54, 1.807) is 0 Å². The quantitative estimate of drug-likeness (QED) is 0.349. The fourth-order valence-electron chi connectivity index (χ4n) is 1.31. The smallest absolute Gasteiger partial charge is 0.222 e. The normalized spacial score (nSPS) is 10.3. The Bertz CT molecular complexity index is 356. The molecule has 0 aliphatic rings. The predicted molar refractivity (Wildman–Crippen MR) is 68.0 cm³/mol. The van der Waals surface area contributed by atoms with Crippen LogP contribution in [0.1, 0.15) is 37.4 Å². The molecule has 0 radical (unpaired) electrons. The third-order valence-corrected chi connectivity index (χ3v) is 2.78. The Kier molecular flexibility index (Phi) is 5.43. The first-order valence-electron chi connectivity index (χ1n) is 4.86. The lowest BCUT2D eigenvalue weighted by molar-refractivity contribution is 0.705. The van der Waals surface area contributed by atoms with Crippen LogP contribution in [0.3, 0.4) is 0 Å². The van der Waals surface area contributed by atoms with Crippen LogP contribution < -0.4 is 0 Å². The SMILES string of the molecule is CCCCCc1nc(Cl)nc(Cl)c1C=S. The summed E-state index contributed by atoms with van der Waals surface area (Å²) in [6.45, 7) is 2.15. The maximum absolute atomic E-state index is 5.91. The largest absolute Gasteiger partial charge is 0.224 e. The van der Waals surface area contributed by atoms with Crippen molar-refractivity contribution in [3.05, 3.63) is 21.7 Å². The average Bonchev–Trinajstić information content (AvgIpc) is 2.17. The summed E-state index contributed by atoms with van der Waals surface area (Å²) in [6, 6.07) is 0. The molecule has 5 heteroatoms. The van der Waals surface area contributed by atoms with Gasteiger partial charge in [0.1, 0.15) is 5.15 Å². The highest BCUT2D eigenvalue weighted by Gasteiger charge is 2.09. The van der Waals surface area contributed by atoms with E-state index in [1.807, 2.05) is 0 Å². The topological polar surface area (TPSA) is 25.8 Å². The van der Waals surface area contributed by atoms with Gasteiger partial charge in [0.15, 0.2) is 0 Å². The van der Waals surface area contributed by atoms with E-state index in [0.29, 0.717) is 5.15 Å². The van der Waals surface area contributed by atoms with Crippen LogP contribution >= 0.6 is 35.4 Å². The molecule has 0 aliphatic heterocycles. The number of hydrogen-bond donors (Lipinski definition) is 0. The summed E-state index contributed by atoms with van der Waals surface area (Å²) in [7, 11) is 0. The van der Waals surface area contributed by atoms with Gasteiger partial charge < -0.3 is 0 Å². The fourth-order valence-corrected chi connectivity index (χ4v) is 2.09. The molecule has 0 atom stereocenters. The molecule has 0 amide bonds. The summed E-state index contributed by atoms with van der Waals surface area (Å²) in [5.74, 6) is 0. The van der Waals surface area contributed by atoms with Gasteiger partial charge >= 0.3 is 0 Å². The lowest BCUT2D eigenvalue weighted by Crippen LogP contribution is -2.01. The molecule has 82 valence electrons. The standard InChI is InChI=1S/C10H12Cl2N2S/c1-2-3-4-5-8-7(6-15)9(11)14-10(12)13-8/h6H,2-5H2,1H3. The molecule has 0 spiro atoms. The zero-order chi connectivity index (χ0) is 11.3. The second-order valence-electron chi connectivity index (χ2n) is 3.22. The third-order valence-electron chi connectivity index (χ3n) is 2.09. The van der Waals surface area contributed by atoms with Gasteiger partial charge in [-0.05, 0) is 24.4 Å². The summed E-state index contributed by atoms with van der Waals surface area (Å²) in [5, 5.41) is 2.04. The Labute approximate surface area is 105 Å². The van der Waals surface area contributed by atoms with Crippen LogP contribution in [-0.2, 0) is 6.42 Å². The number of nitrogens with zero attached hydrogens (tertiary/aromatic N) is 2. The lowest BCUT2D eigenvalue weighted by atomic mass is 10.1. The van der Waals surface area contributed by atoms with E-state index < -0.39 is 0 Å². The molecule has 0 saturated heterocycles. The zero-order valence-electron chi connectivity index (χ0n) is 8.46. The van der Waals surface area contributed by atoms with Crippen molar-refractivity contribution < 1.29 is 0 Å². The monoisotopic (exact) mass is 262 g/mol. The fraction of sp³-hybridized carbons (Fsp3) is 0.500. The molecule has 0 N–H and O–H groups in total. The van der Waals surface area contributed by atoms with Gasteiger partial charge in [0, 0.05) is 10.9 Å². The second kappa shape index (κ2) is 6.36. The molecule has 0 fully saturated rings. The van der Waals surface area contributed by atoms with Crippen LogP contribution in [0.2, 0.25) is 10.4 Å². The highest BCUT2D eigenvalue weighted by Crippen LogP contribution is 2.19. The summed E-state index contributed by atoms with van der Waals surface area (Å²) in [6.07, 6.45) is 4.24. The first-order valence-corrected chi connectivity index (χ1v) is 6.08. The maximum Gasteiger partial charge on any atom is 0.224 e. The molecule has 0 saturated carbocycles. The molecule has 0 bridgehead atoms. The van der Waals surface area contributed by atoms with Crippen molar-refractivity contribution in [2.45, 2.75) is 32.6 Å². The van der Waals surface area contributed by atoms with Gasteiger partial charge in [-0.2, -0.15) is 0 Å². The number of halogens is 2. The number of rotatable bonds is 5. The molecule has 1 rings (SSSR count). The van der Waals surface area contributed by atoms with E-state index in [4.69, 9.17) is 35.4 Å². The van der Waals surface area contributed by atoms with Gasteiger partial charge in [0.05, 0.1) is 5.69 Å². The highest BCUT2D eigenvalue weighted by atomic mass is 35.5. The van der Waals surface area contributed by atoms with Gasteiger partial charge in [0.2, 0.25) is 5.28 Å². The van der Waals surface area contributed by atoms with Crippen molar-refractivity contribution in [3.63, 3.8) is 0 Å². The van der Waals surface area contributed by atoms with Crippen LogP contribution in [0.15, 0.2) is 0 Å². The van der Waals surface area contributed by atoms with Crippen molar-refractivity contribution in [1.82, 2.24) is 9.97 Å². The Morgan fingerprint density at radius 2 is 2.00 bits per heavy atom. The minimum atomic E-state index is 0.187. The van der Waals surface area contributed by atoms with Gasteiger partial charge in [0.25, 0.3) is 0 Å². The minimum Gasteiger partial charge on any atom is -0.222 e. The van der Waals surface area contributed by atoms with Gasteiger partial charge in [-0.15, -0.1) is 0 Å². The first-order chi connectivity index (χ1) is 7.19. The van der Waals surface area contributed by atoms with Crippen molar-refractivity contribution in [2.75, 3.05) is 0 Å². The van der Waals surface area contributed by atoms with Gasteiger partial charge in [-0.25, -0.2) is 9.97 Å². The summed E-state index contributed by atoms with van der Waals surface area (Å²) < 4.78 is 0. The molecule has 0 aromatic carbocycles. The molecule has 0 aliphatic carbocycles. The van der Waals surface area contributed by atoms with Crippen LogP contribution in [0, 0.1) is 0 Å². The van der Waals surface area contributed by atoms with E-state index in [9.17, 15) is 0 Å². The third kappa shape index (κ3) is 3.67. The van der Waals surface area contributed by atoms with Crippen molar-refractivity contribution in [3.8, 4) is 0 Å². The van der Waals surface area contributed by atoms with E-state index in [-0.39, 0.29) is 5.28 Å². The van der Waals surface area contributed by atoms with Gasteiger partial charge in [-0.3, -0.25) is 0 Å². The Balaban J connectivity index is 2.88. The van der Waals surface area contributed by atoms with Crippen LogP contribution in [0.25, 0.3) is 0 Å². The highest BCUT2D eigenvalue weighted by molar-refractivity contribution is 7.79. The van der Waals surface area contributed by atoms with Crippen LogP contribution in [0.4, 0.5) is 0 Å². The molecule has 2 nitrogen and oxygen atoms in total. The number of aromatic nitrogens is 2. The van der Waals surface area contributed by atoms with E-state index in [2.05, 4.69) is 16.9 Å². The van der Waals surface area contributed by atoms with Crippen molar-refractivity contribution in [2.24, 2.45) is 0 Å². The molecular weight excluding hydrogens is 251 g/mol. The van der Waals surface area contributed by atoms with E-state index in [1.165, 1.54) is 11.8 Å². The first kappa shape index (κ1) is 12.8. The predicted octanol–water partition coefficient (Wildman–Crippen LogP) is 3.86. The second-order valence-corrected chi connectivity index (χ2v) is 4.15. The van der Waals surface area contributed by atoms with Gasteiger partial charge in [-0.1, -0.05) is 43.6 Å². The molecule has 0 unspecified atom stereocenters. The average molecular weight is 263 g/mol. The summed E-state index contributed by atoms with van der Waals surface area (Å²) in [5.41, 5.74) is 1.58. The molecule has 15 heavy (non-hydrogen) atoms. The molecule has 1 aromatic rings. The van der Waals surface area contributed by atoms with E-state index in [0.717, 1.165) is 30.5 Å². The lowest BCUT2D eigenvalue weighted by Gasteiger charge is -2.05. The number of unbranched alkanes of at least 4 members (excludes halogenated alkanes) is 2. The number of aryl methyl sites for hydroxylation is 1. The van der Waals surface area contributed by atoms with E-state index >= 15 is 0 Å². The zero-order valence-corrected chi connectivity index (χ0v) is 10.8. The van der Waals surface area contributed by atoms with Crippen LogP contribution in [-0.4, -0.2) is 15.3 Å². The summed E-state index contributed by atoms with van der Waals surface area (Å²) >= 11 is 16.5. The Morgan fingerprint density at radius 3 is 2.60 bits per heavy atom. The van der Waals surface area contributed by atoms with Crippen LogP contribution in [0.5, 0.6) is 0 Å². The molecular formula is C10H12Cl2N2S. The maximum atomic E-state index is 5.91. The molecule has 1 aromatic heterocycles.